The first-order chi connectivity index (χ1) is 13.7. The monoisotopic (exact) mass is 417 g/mol. The number of carbonyl (C=O) groups is 1. The third kappa shape index (κ3) is 4.38. The number of sulfonamides is 1. The fourth-order valence-electron chi connectivity index (χ4n) is 3.50. The highest BCUT2D eigenvalue weighted by atomic mass is 32.2. The molecule has 1 N–H and O–H groups in total. The van der Waals surface area contributed by atoms with Crippen molar-refractivity contribution in [2.75, 3.05) is 38.0 Å². The van der Waals surface area contributed by atoms with Gasteiger partial charge in [-0.15, -0.1) is 0 Å². The number of amides is 1. The molecule has 1 aliphatic rings. The predicted molar refractivity (Wildman–Crippen MR) is 114 cm³/mol. The Hall–Kier alpha value is -2.58. The molecule has 0 spiro atoms. The molecule has 0 saturated carbocycles. The van der Waals surface area contributed by atoms with Gasteiger partial charge in [0.25, 0.3) is 0 Å². The van der Waals surface area contributed by atoms with Gasteiger partial charge in [-0.2, -0.15) is 0 Å². The van der Waals surface area contributed by atoms with Crippen LogP contribution in [0.1, 0.15) is 18.9 Å². The molecule has 0 bridgehead atoms. The van der Waals surface area contributed by atoms with Gasteiger partial charge in [-0.1, -0.05) is 18.2 Å². The van der Waals surface area contributed by atoms with Crippen molar-refractivity contribution in [3.63, 3.8) is 0 Å². The first kappa shape index (κ1) is 21.1. The van der Waals surface area contributed by atoms with E-state index in [1.54, 1.807) is 6.07 Å². The highest BCUT2D eigenvalue weighted by molar-refractivity contribution is 7.89. The lowest BCUT2D eigenvalue weighted by Gasteiger charge is -2.36. The minimum absolute atomic E-state index is 0.0929. The minimum Gasteiger partial charge on any atom is -0.495 e. The van der Waals surface area contributed by atoms with Gasteiger partial charge < -0.3 is 15.0 Å². The smallest absolute Gasteiger partial charge is 0.244 e. The molecule has 2 aromatic carbocycles. The Bertz CT molecular complexity index is 1000. The van der Waals surface area contributed by atoms with Gasteiger partial charge in [0.2, 0.25) is 15.9 Å². The number of methoxy groups -OCH3 is 1. The molecule has 1 unspecified atom stereocenters. The lowest BCUT2D eigenvalue weighted by Crippen LogP contribution is -2.42. The molecule has 0 aromatic heterocycles. The molecule has 0 radical (unpaired) electrons. The van der Waals surface area contributed by atoms with Crippen molar-refractivity contribution in [2.45, 2.75) is 30.7 Å². The number of hydrogen-bond acceptors (Lipinski definition) is 5. The molecule has 29 heavy (non-hydrogen) atoms. The van der Waals surface area contributed by atoms with Gasteiger partial charge in [-0.25, -0.2) is 12.7 Å². The second-order valence-corrected chi connectivity index (χ2v) is 9.49. The molecule has 3 rings (SSSR count). The third-order valence-electron chi connectivity index (χ3n) is 5.20. The Balaban J connectivity index is 1.84. The number of rotatable bonds is 6. The molecule has 1 atom stereocenters. The maximum atomic E-state index is 12.8. The fraction of sp³-hybridized carbons (Fsp3) is 0.381. The van der Waals surface area contributed by atoms with E-state index in [9.17, 15) is 13.2 Å². The molecular weight excluding hydrogens is 390 g/mol. The Morgan fingerprint density at radius 3 is 2.66 bits per heavy atom. The van der Waals surface area contributed by atoms with Crippen LogP contribution in [0.25, 0.3) is 0 Å². The average molecular weight is 418 g/mol. The number of anilines is 2. The van der Waals surface area contributed by atoms with Crippen LogP contribution in [0.2, 0.25) is 0 Å². The van der Waals surface area contributed by atoms with E-state index in [0.29, 0.717) is 11.4 Å². The zero-order chi connectivity index (χ0) is 21.2. The first-order valence-electron chi connectivity index (χ1n) is 9.49. The number of aryl methyl sites for hydroxylation is 1. The van der Waals surface area contributed by atoms with Crippen LogP contribution in [0.5, 0.6) is 5.75 Å². The van der Waals surface area contributed by atoms with Gasteiger partial charge in [0, 0.05) is 25.8 Å². The Morgan fingerprint density at radius 1 is 1.24 bits per heavy atom. The number of benzene rings is 2. The summed E-state index contributed by atoms with van der Waals surface area (Å²) in [5, 5.41) is 2.82. The topological polar surface area (TPSA) is 79.0 Å². The number of hydrogen-bond donors (Lipinski definition) is 1. The summed E-state index contributed by atoms with van der Waals surface area (Å²) in [6.45, 7) is 2.28. The van der Waals surface area contributed by atoms with Gasteiger partial charge >= 0.3 is 0 Å². The summed E-state index contributed by atoms with van der Waals surface area (Å²) in [4.78, 5) is 15.0. The van der Waals surface area contributed by atoms with Crippen molar-refractivity contribution in [1.29, 1.82) is 0 Å². The second kappa shape index (κ2) is 8.42. The molecule has 0 saturated heterocycles. The summed E-state index contributed by atoms with van der Waals surface area (Å²) in [5.74, 6) is 0.175. The average Bonchev–Trinajstić information content (AvgIpc) is 2.70. The largest absolute Gasteiger partial charge is 0.495 e. The predicted octanol–water partition coefficient (Wildman–Crippen LogP) is 2.73. The molecule has 8 heteroatoms. The standard InChI is InChI=1S/C21H27N3O4S/c1-15-9-10-16-7-5-6-8-19(16)24(15)14-21(25)22-18-13-17(11-12-20(18)28-4)29(26,27)23(2)3/h5-8,11-13,15H,9-10,14H2,1-4H3,(H,22,25). The van der Waals surface area contributed by atoms with Crippen molar-refractivity contribution in [3.05, 3.63) is 48.0 Å². The van der Waals surface area contributed by atoms with Crippen molar-refractivity contribution >= 4 is 27.3 Å². The van der Waals surface area contributed by atoms with Crippen molar-refractivity contribution < 1.29 is 17.9 Å². The number of ether oxygens (including phenoxy) is 1. The van der Waals surface area contributed by atoms with E-state index in [0.717, 1.165) is 22.8 Å². The van der Waals surface area contributed by atoms with E-state index in [1.165, 1.54) is 38.9 Å². The highest BCUT2D eigenvalue weighted by Crippen LogP contribution is 2.31. The van der Waals surface area contributed by atoms with E-state index >= 15 is 0 Å². The Morgan fingerprint density at radius 2 is 1.97 bits per heavy atom. The molecule has 7 nitrogen and oxygen atoms in total. The minimum atomic E-state index is -3.62. The molecule has 2 aromatic rings. The summed E-state index contributed by atoms with van der Waals surface area (Å²) in [6, 6.07) is 12.8. The number of nitrogens with one attached hydrogen (secondary N) is 1. The van der Waals surface area contributed by atoms with E-state index in [2.05, 4.69) is 23.2 Å². The number of nitrogens with zero attached hydrogens (tertiary/aromatic N) is 2. The zero-order valence-corrected chi connectivity index (χ0v) is 18.0. The summed E-state index contributed by atoms with van der Waals surface area (Å²) < 4.78 is 31.3. The van der Waals surface area contributed by atoms with E-state index in [4.69, 9.17) is 4.74 Å². The third-order valence-corrected chi connectivity index (χ3v) is 7.01. The van der Waals surface area contributed by atoms with E-state index in [-0.39, 0.29) is 23.4 Å². The SMILES string of the molecule is COc1ccc(S(=O)(=O)N(C)C)cc1NC(=O)CN1c2ccccc2CCC1C. The van der Waals surface area contributed by atoms with Crippen molar-refractivity contribution in [2.24, 2.45) is 0 Å². The molecule has 1 aliphatic heterocycles. The van der Waals surface area contributed by atoms with Gasteiger partial charge in [-0.3, -0.25) is 4.79 Å². The van der Waals surface area contributed by atoms with E-state index in [1.807, 2.05) is 18.2 Å². The van der Waals surface area contributed by atoms with E-state index < -0.39 is 10.0 Å². The summed E-state index contributed by atoms with van der Waals surface area (Å²) >= 11 is 0. The Kier molecular flexibility index (Phi) is 6.14. The van der Waals surface area contributed by atoms with Gasteiger partial charge in [0.15, 0.2) is 0 Å². The lowest BCUT2D eigenvalue weighted by molar-refractivity contribution is -0.115. The lowest BCUT2D eigenvalue weighted by atomic mass is 9.96. The molecule has 0 aliphatic carbocycles. The van der Waals surface area contributed by atoms with Crippen LogP contribution in [-0.2, 0) is 21.2 Å². The molecule has 1 heterocycles. The van der Waals surface area contributed by atoms with Crippen molar-refractivity contribution in [1.82, 2.24) is 4.31 Å². The second-order valence-electron chi connectivity index (χ2n) is 7.34. The Labute approximate surface area is 172 Å². The maximum Gasteiger partial charge on any atom is 0.244 e. The van der Waals surface area contributed by atoms with Crippen LogP contribution < -0.4 is 15.0 Å². The maximum absolute atomic E-state index is 12.8. The van der Waals surface area contributed by atoms with Crippen LogP contribution in [0, 0.1) is 0 Å². The quantitative estimate of drug-likeness (QED) is 0.782. The highest BCUT2D eigenvalue weighted by Gasteiger charge is 2.25. The van der Waals surface area contributed by atoms with Crippen LogP contribution >= 0.6 is 0 Å². The summed E-state index contributed by atoms with van der Waals surface area (Å²) in [7, 11) is 0.791. The van der Waals surface area contributed by atoms with Crippen molar-refractivity contribution in [3.8, 4) is 5.75 Å². The molecule has 0 fully saturated rings. The molecular formula is C21H27N3O4S. The number of para-hydroxylation sites is 1. The van der Waals surface area contributed by atoms with Crippen LogP contribution in [0.15, 0.2) is 47.4 Å². The molecule has 1 amide bonds. The summed E-state index contributed by atoms with van der Waals surface area (Å²) in [6.07, 6.45) is 1.97. The fourth-order valence-corrected chi connectivity index (χ4v) is 4.43. The van der Waals surface area contributed by atoms with Crippen LogP contribution in [0.3, 0.4) is 0 Å². The van der Waals surface area contributed by atoms with Gasteiger partial charge in [0.1, 0.15) is 5.75 Å². The van der Waals surface area contributed by atoms with Gasteiger partial charge in [-0.05, 0) is 49.6 Å². The zero-order valence-electron chi connectivity index (χ0n) is 17.2. The summed E-state index contributed by atoms with van der Waals surface area (Å²) in [5.41, 5.74) is 2.63. The number of carbonyl (C=O) groups excluding carboxylic acids is 1. The molecule has 156 valence electrons. The normalized spacial score (nSPS) is 16.4. The van der Waals surface area contributed by atoms with Gasteiger partial charge in [0.05, 0.1) is 24.2 Å². The van der Waals surface area contributed by atoms with Crippen LogP contribution in [-0.4, -0.2) is 52.4 Å². The number of fused-ring (bicyclic) bond motifs is 1. The first-order valence-corrected chi connectivity index (χ1v) is 10.9. The van der Waals surface area contributed by atoms with Crippen LogP contribution in [0.4, 0.5) is 11.4 Å².